The van der Waals surface area contributed by atoms with Crippen LogP contribution >= 0.6 is 0 Å². The number of aryl methyl sites for hydroxylation is 1. The highest BCUT2D eigenvalue weighted by molar-refractivity contribution is 6.51. The van der Waals surface area contributed by atoms with E-state index in [-0.39, 0.29) is 22.4 Å². The van der Waals surface area contributed by atoms with Gasteiger partial charge in [0, 0.05) is 11.3 Å². The number of carbonyl (C=O) groups is 2. The number of halogens is 1. The third-order valence-corrected chi connectivity index (χ3v) is 5.76. The van der Waals surface area contributed by atoms with Crippen LogP contribution in [0.5, 0.6) is 11.5 Å². The molecule has 0 radical (unpaired) electrons. The quantitative estimate of drug-likeness (QED) is 0.279. The van der Waals surface area contributed by atoms with Crippen molar-refractivity contribution in [1.29, 1.82) is 0 Å². The molecule has 0 aliphatic carbocycles. The van der Waals surface area contributed by atoms with Crippen molar-refractivity contribution < 1.29 is 28.9 Å². The summed E-state index contributed by atoms with van der Waals surface area (Å²) in [6.45, 7) is 6.14. The topological polar surface area (TPSA) is 87.1 Å². The SMILES string of the molecule is Cc1cc(/C(O)=C2/C(=O)C(=O)N(c3ccc(OCC(C)C)cc3)C2c2cccc(O)c2)ccc1F. The number of aliphatic hydroxyl groups excluding tert-OH is 1. The lowest BCUT2D eigenvalue weighted by molar-refractivity contribution is -0.132. The van der Waals surface area contributed by atoms with Crippen molar-refractivity contribution in [3.8, 4) is 11.5 Å². The van der Waals surface area contributed by atoms with Crippen molar-refractivity contribution in [3.05, 3.63) is 94.8 Å². The largest absolute Gasteiger partial charge is 0.508 e. The van der Waals surface area contributed by atoms with Gasteiger partial charge < -0.3 is 14.9 Å². The Labute approximate surface area is 202 Å². The van der Waals surface area contributed by atoms with E-state index in [1.165, 1.54) is 35.2 Å². The smallest absolute Gasteiger partial charge is 0.300 e. The van der Waals surface area contributed by atoms with Gasteiger partial charge in [0.25, 0.3) is 11.7 Å². The van der Waals surface area contributed by atoms with Crippen LogP contribution < -0.4 is 9.64 Å². The summed E-state index contributed by atoms with van der Waals surface area (Å²) < 4.78 is 19.5. The van der Waals surface area contributed by atoms with E-state index in [1.807, 2.05) is 13.8 Å². The number of phenolic OH excluding ortho intramolecular Hbond substituents is 1. The highest BCUT2D eigenvalue weighted by Gasteiger charge is 2.47. The Bertz CT molecular complexity index is 1310. The molecule has 180 valence electrons. The third-order valence-electron chi connectivity index (χ3n) is 5.76. The maximum atomic E-state index is 13.8. The van der Waals surface area contributed by atoms with E-state index in [0.717, 1.165) is 0 Å². The summed E-state index contributed by atoms with van der Waals surface area (Å²) in [5.41, 5.74) is 1.21. The van der Waals surface area contributed by atoms with E-state index < -0.39 is 29.3 Å². The molecule has 3 aromatic rings. The summed E-state index contributed by atoms with van der Waals surface area (Å²) in [7, 11) is 0. The number of ether oxygens (including phenoxy) is 1. The molecule has 1 unspecified atom stereocenters. The Morgan fingerprint density at radius 3 is 2.40 bits per heavy atom. The molecule has 1 saturated heterocycles. The van der Waals surface area contributed by atoms with Gasteiger partial charge in [-0.05, 0) is 78.6 Å². The highest BCUT2D eigenvalue weighted by atomic mass is 19.1. The number of amides is 1. The molecule has 1 atom stereocenters. The first-order chi connectivity index (χ1) is 16.7. The summed E-state index contributed by atoms with van der Waals surface area (Å²) in [5, 5.41) is 21.2. The molecule has 4 rings (SSSR count). The highest BCUT2D eigenvalue weighted by Crippen LogP contribution is 2.43. The lowest BCUT2D eigenvalue weighted by atomic mass is 9.94. The van der Waals surface area contributed by atoms with Crippen LogP contribution in [-0.4, -0.2) is 28.5 Å². The number of hydrogen-bond acceptors (Lipinski definition) is 5. The maximum absolute atomic E-state index is 13.8. The first-order valence-corrected chi connectivity index (χ1v) is 11.3. The van der Waals surface area contributed by atoms with Crippen molar-refractivity contribution >= 4 is 23.1 Å². The third kappa shape index (κ3) is 4.75. The monoisotopic (exact) mass is 475 g/mol. The number of benzene rings is 3. The molecule has 0 saturated carbocycles. The van der Waals surface area contributed by atoms with Crippen molar-refractivity contribution in [2.24, 2.45) is 5.92 Å². The molecule has 0 spiro atoms. The molecule has 7 heteroatoms. The molecule has 1 fully saturated rings. The number of phenols is 1. The standard InChI is InChI=1S/C28H26FNO5/c1-16(2)15-35-22-10-8-20(9-11-22)30-25(18-5-4-6-21(31)14-18)24(27(33)28(30)34)26(32)19-7-12-23(29)17(3)13-19/h4-14,16,25,31-32H,15H2,1-3H3/b26-24-. The predicted octanol–water partition coefficient (Wildman–Crippen LogP) is 5.50. The summed E-state index contributed by atoms with van der Waals surface area (Å²) in [6.07, 6.45) is 0. The van der Waals surface area contributed by atoms with E-state index in [4.69, 9.17) is 4.74 Å². The van der Waals surface area contributed by atoms with Crippen molar-refractivity contribution in [1.82, 2.24) is 0 Å². The Morgan fingerprint density at radius 2 is 1.77 bits per heavy atom. The molecular formula is C28H26FNO5. The lowest BCUT2D eigenvalue weighted by Gasteiger charge is -2.25. The molecule has 0 aromatic heterocycles. The molecule has 3 aromatic carbocycles. The normalized spacial score (nSPS) is 17.3. The van der Waals surface area contributed by atoms with E-state index in [2.05, 4.69) is 0 Å². The van der Waals surface area contributed by atoms with Gasteiger partial charge in [-0.1, -0.05) is 26.0 Å². The maximum Gasteiger partial charge on any atom is 0.300 e. The molecule has 1 heterocycles. The zero-order chi connectivity index (χ0) is 25.3. The first-order valence-electron chi connectivity index (χ1n) is 11.3. The van der Waals surface area contributed by atoms with Crippen LogP contribution in [0.4, 0.5) is 10.1 Å². The van der Waals surface area contributed by atoms with E-state index >= 15 is 0 Å². The summed E-state index contributed by atoms with van der Waals surface area (Å²) in [4.78, 5) is 27.7. The number of aliphatic hydroxyl groups is 1. The van der Waals surface area contributed by atoms with Crippen LogP contribution in [0, 0.1) is 18.7 Å². The van der Waals surface area contributed by atoms with E-state index in [1.54, 1.807) is 43.3 Å². The fourth-order valence-corrected chi connectivity index (χ4v) is 4.02. The average molecular weight is 476 g/mol. The number of carbonyl (C=O) groups excluding carboxylic acids is 2. The van der Waals surface area contributed by atoms with Gasteiger partial charge in [0.1, 0.15) is 23.1 Å². The fourth-order valence-electron chi connectivity index (χ4n) is 4.02. The van der Waals surface area contributed by atoms with Crippen molar-refractivity contribution in [3.63, 3.8) is 0 Å². The number of ketones is 1. The second-order valence-electron chi connectivity index (χ2n) is 8.93. The van der Waals surface area contributed by atoms with Gasteiger partial charge in [-0.15, -0.1) is 0 Å². The van der Waals surface area contributed by atoms with Gasteiger partial charge >= 0.3 is 0 Å². The van der Waals surface area contributed by atoms with Crippen molar-refractivity contribution in [2.75, 3.05) is 11.5 Å². The summed E-state index contributed by atoms with van der Waals surface area (Å²) in [6, 6.07) is 15.9. The number of hydrogen-bond donors (Lipinski definition) is 2. The van der Waals surface area contributed by atoms with Gasteiger partial charge in [0.15, 0.2) is 0 Å². The minimum atomic E-state index is -1.00. The minimum absolute atomic E-state index is 0.0526. The molecule has 1 amide bonds. The Kier molecular flexibility index (Phi) is 6.60. The van der Waals surface area contributed by atoms with Crippen LogP contribution in [0.2, 0.25) is 0 Å². The second kappa shape index (κ2) is 9.62. The zero-order valence-corrected chi connectivity index (χ0v) is 19.7. The molecule has 1 aliphatic heterocycles. The number of anilines is 1. The number of aromatic hydroxyl groups is 1. The van der Waals surface area contributed by atoms with Crippen LogP contribution in [0.25, 0.3) is 5.76 Å². The molecular weight excluding hydrogens is 449 g/mol. The van der Waals surface area contributed by atoms with Crippen LogP contribution in [0.15, 0.2) is 72.3 Å². The Morgan fingerprint density at radius 1 is 1.06 bits per heavy atom. The van der Waals surface area contributed by atoms with Gasteiger partial charge in [0.2, 0.25) is 0 Å². The number of rotatable bonds is 6. The summed E-state index contributed by atoms with van der Waals surface area (Å²) in [5.74, 6) is -1.66. The minimum Gasteiger partial charge on any atom is -0.508 e. The Balaban J connectivity index is 1.84. The predicted molar refractivity (Wildman–Crippen MR) is 131 cm³/mol. The van der Waals surface area contributed by atoms with E-state index in [0.29, 0.717) is 29.5 Å². The molecule has 35 heavy (non-hydrogen) atoms. The van der Waals surface area contributed by atoms with Crippen LogP contribution in [0.1, 0.15) is 36.6 Å². The average Bonchev–Trinajstić information content (AvgIpc) is 3.10. The van der Waals surface area contributed by atoms with Crippen molar-refractivity contribution in [2.45, 2.75) is 26.8 Å². The molecule has 6 nitrogen and oxygen atoms in total. The van der Waals surface area contributed by atoms with Gasteiger partial charge in [-0.2, -0.15) is 0 Å². The second-order valence-corrected chi connectivity index (χ2v) is 8.93. The fraction of sp³-hybridized carbons (Fsp3) is 0.214. The van der Waals surface area contributed by atoms with E-state index in [9.17, 15) is 24.2 Å². The zero-order valence-electron chi connectivity index (χ0n) is 19.7. The number of Topliss-reactive ketones (excluding diaryl/α,β-unsaturated/α-hetero) is 1. The van der Waals surface area contributed by atoms with Gasteiger partial charge in [-0.3, -0.25) is 14.5 Å². The number of nitrogens with zero attached hydrogens (tertiary/aromatic N) is 1. The Hall–Kier alpha value is -4.13. The van der Waals surface area contributed by atoms with Crippen LogP contribution in [-0.2, 0) is 9.59 Å². The molecule has 1 aliphatic rings. The first kappa shape index (κ1) is 24.0. The van der Waals surface area contributed by atoms with Gasteiger partial charge in [-0.25, -0.2) is 4.39 Å². The lowest BCUT2D eigenvalue weighted by Crippen LogP contribution is -2.29. The van der Waals surface area contributed by atoms with Crippen LogP contribution in [0.3, 0.4) is 0 Å². The molecule has 0 bridgehead atoms. The van der Waals surface area contributed by atoms with Gasteiger partial charge in [0.05, 0.1) is 18.2 Å². The molecule has 2 N–H and O–H groups in total. The summed E-state index contributed by atoms with van der Waals surface area (Å²) >= 11 is 0.